The summed E-state index contributed by atoms with van der Waals surface area (Å²) in [6.07, 6.45) is 3.75. The molecule has 0 saturated carbocycles. The van der Waals surface area contributed by atoms with Crippen molar-refractivity contribution in [1.82, 2.24) is 4.90 Å². The number of hydrogen-bond donors (Lipinski definition) is 1. The van der Waals surface area contributed by atoms with Crippen LogP contribution in [0.25, 0.3) is 0 Å². The second-order valence-electron chi connectivity index (χ2n) is 5.68. The second kappa shape index (κ2) is 7.52. The van der Waals surface area contributed by atoms with Gasteiger partial charge in [0.05, 0.1) is 12.1 Å². The van der Waals surface area contributed by atoms with Crippen molar-refractivity contribution < 1.29 is 26.4 Å². The van der Waals surface area contributed by atoms with Gasteiger partial charge in [-0.05, 0) is 24.5 Å². The Labute approximate surface area is 138 Å². The number of sulfonamides is 1. The molecular formula is C15H19F3N2O3S+. The lowest BCUT2D eigenvalue weighted by atomic mass is 10.1. The van der Waals surface area contributed by atoms with E-state index in [0.29, 0.717) is 13.1 Å². The van der Waals surface area contributed by atoms with E-state index in [1.54, 1.807) is 11.0 Å². The van der Waals surface area contributed by atoms with E-state index in [0.717, 1.165) is 25.7 Å². The molecule has 2 rings (SSSR count). The summed E-state index contributed by atoms with van der Waals surface area (Å²) >= 11 is 0. The minimum Gasteiger partial charge on any atom is -0.276 e. The van der Waals surface area contributed by atoms with Crippen LogP contribution in [0.1, 0.15) is 31.2 Å². The molecular weight excluding hydrogens is 345 g/mol. The molecule has 0 aliphatic carbocycles. The van der Waals surface area contributed by atoms with Crippen LogP contribution in [-0.2, 0) is 21.2 Å². The standard InChI is InChI=1S/C15H19F3N2O3S/c16-15(17,18)24(22,23)19-13-8-4-3-7-12(13)11-14(21)20-9-5-1-2-6-10-20/h3-4,7-8,19H,1-2,5-6,9-11H2/q+1. The highest BCUT2D eigenvalue weighted by Crippen LogP contribution is 2.27. The van der Waals surface area contributed by atoms with E-state index in [9.17, 15) is 26.4 Å². The summed E-state index contributed by atoms with van der Waals surface area (Å²) in [5, 5.41) is 0. The Kier molecular flexibility index (Phi) is 5.87. The predicted octanol–water partition coefficient (Wildman–Crippen LogP) is 2.73. The number of hydrogen-bond acceptors (Lipinski definition) is 3. The van der Waals surface area contributed by atoms with Gasteiger partial charge in [-0.25, -0.2) is 4.79 Å². The number of likely N-dealkylation sites (tertiary alicyclic amines) is 1. The molecule has 1 aliphatic heterocycles. The molecule has 0 atom stereocenters. The van der Waals surface area contributed by atoms with Crippen molar-refractivity contribution in [1.29, 1.82) is 0 Å². The van der Waals surface area contributed by atoms with Crippen molar-refractivity contribution in [3.8, 4) is 0 Å². The second-order valence-corrected chi connectivity index (χ2v) is 7.35. The maximum Gasteiger partial charge on any atom is 0.516 e. The Balaban J connectivity index is 2.15. The fourth-order valence-electron chi connectivity index (χ4n) is 2.57. The van der Waals surface area contributed by atoms with Gasteiger partial charge in [-0.1, -0.05) is 18.2 Å². The van der Waals surface area contributed by atoms with Gasteiger partial charge >= 0.3 is 21.4 Å². The van der Waals surface area contributed by atoms with E-state index in [1.807, 2.05) is 0 Å². The molecule has 0 aromatic heterocycles. The number of nitrogens with one attached hydrogen (secondary N) is 1. The molecule has 0 bridgehead atoms. The van der Waals surface area contributed by atoms with Crippen LogP contribution in [0, 0.1) is 0 Å². The Hall–Kier alpha value is -1.61. The van der Waals surface area contributed by atoms with E-state index in [-0.39, 0.29) is 23.6 Å². The van der Waals surface area contributed by atoms with E-state index >= 15 is 0 Å². The molecule has 1 radical (unpaired) electrons. The Morgan fingerprint density at radius 1 is 1.08 bits per heavy atom. The van der Waals surface area contributed by atoms with E-state index in [2.05, 4.69) is 0 Å². The van der Waals surface area contributed by atoms with Gasteiger partial charge < -0.3 is 0 Å². The number of para-hydroxylation sites is 1. The smallest absolute Gasteiger partial charge is 0.276 e. The molecule has 0 unspecified atom stereocenters. The molecule has 9 heteroatoms. The zero-order chi connectivity index (χ0) is 17.8. The van der Waals surface area contributed by atoms with Gasteiger partial charge in [-0.2, -0.15) is 21.6 Å². The highest BCUT2D eigenvalue weighted by molar-refractivity contribution is 7.93. The molecule has 0 spiro atoms. The first-order chi connectivity index (χ1) is 11.2. The molecule has 1 aliphatic rings. The van der Waals surface area contributed by atoms with Gasteiger partial charge in [-0.15, -0.1) is 4.90 Å². The van der Waals surface area contributed by atoms with Crippen LogP contribution < -0.4 is 9.62 Å². The van der Waals surface area contributed by atoms with Crippen molar-refractivity contribution >= 4 is 21.6 Å². The number of carbonyl (C=O) groups excluding carboxylic acids is 1. The lowest BCUT2D eigenvalue weighted by molar-refractivity contribution is -0.125. The monoisotopic (exact) mass is 364 g/mol. The van der Waals surface area contributed by atoms with Crippen molar-refractivity contribution in [3.05, 3.63) is 29.8 Å². The summed E-state index contributed by atoms with van der Waals surface area (Å²) in [7, 11) is -5.51. The lowest BCUT2D eigenvalue weighted by Crippen LogP contribution is -2.39. The first-order valence-corrected chi connectivity index (χ1v) is 9.14. The molecule has 1 saturated heterocycles. The lowest BCUT2D eigenvalue weighted by Gasteiger charge is -2.14. The van der Waals surface area contributed by atoms with Gasteiger partial charge in [0.1, 0.15) is 13.1 Å². The molecule has 1 N–H and O–H groups in total. The number of amides is 1. The normalized spacial score (nSPS) is 17.3. The third-order valence-electron chi connectivity index (χ3n) is 3.87. The van der Waals surface area contributed by atoms with Crippen molar-refractivity contribution in [2.75, 3.05) is 17.8 Å². The molecule has 1 aromatic carbocycles. The Morgan fingerprint density at radius 3 is 2.25 bits per heavy atom. The topological polar surface area (TPSA) is 69.1 Å². The summed E-state index contributed by atoms with van der Waals surface area (Å²) in [4.78, 5) is 14.0. The fraction of sp³-hybridized carbons (Fsp3) is 0.533. The summed E-state index contributed by atoms with van der Waals surface area (Å²) in [6.45, 7) is 1.24. The minimum atomic E-state index is -5.51. The molecule has 5 nitrogen and oxygen atoms in total. The van der Waals surface area contributed by atoms with Crippen molar-refractivity contribution in [3.63, 3.8) is 0 Å². The number of anilines is 1. The summed E-state index contributed by atoms with van der Waals surface area (Å²) in [5.74, 6) is -0.212. The first-order valence-electron chi connectivity index (χ1n) is 7.65. The number of alkyl halides is 3. The van der Waals surface area contributed by atoms with E-state index < -0.39 is 15.5 Å². The molecule has 1 aromatic rings. The maximum atomic E-state index is 12.5. The molecule has 1 fully saturated rings. The summed E-state index contributed by atoms with van der Waals surface area (Å²) < 4.78 is 61.6. The van der Waals surface area contributed by atoms with Crippen LogP contribution in [0.3, 0.4) is 0 Å². The van der Waals surface area contributed by atoms with Crippen LogP contribution in [0.15, 0.2) is 24.3 Å². The number of benzene rings is 1. The molecule has 24 heavy (non-hydrogen) atoms. The minimum absolute atomic E-state index is 0.142. The van der Waals surface area contributed by atoms with Crippen LogP contribution in [0.5, 0.6) is 0 Å². The SMILES string of the molecule is O=C(Cc1ccccc1NS(=O)(=O)C(F)(F)F)[N+]1CCCCCC1. The summed E-state index contributed by atoms with van der Waals surface area (Å²) in [5.41, 5.74) is -5.41. The van der Waals surface area contributed by atoms with Crippen molar-refractivity contribution in [2.24, 2.45) is 0 Å². The van der Waals surface area contributed by atoms with Gasteiger partial charge in [0.2, 0.25) is 0 Å². The van der Waals surface area contributed by atoms with Gasteiger partial charge in [0.25, 0.3) is 0 Å². The Morgan fingerprint density at radius 2 is 1.67 bits per heavy atom. The fourth-order valence-corrected chi connectivity index (χ4v) is 3.18. The van der Waals surface area contributed by atoms with Crippen molar-refractivity contribution in [2.45, 2.75) is 37.6 Å². The summed E-state index contributed by atoms with van der Waals surface area (Å²) in [6, 6.07) is 5.63. The van der Waals surface area contributed by atoms with Crippen LogP contribution in [0.2, 0.25) is 0 Å². The first kappa shape index (κ1) is 18.7. The van der Waals surface area contributed by atoms with Gasteiger partial charge in [-0.3, -0.25) is 4.72 Å². The highest BCUT2D eigenvalue weighted by Gasteiger charge is 2.46. The number of carbonyl (C=O) groups is 1. The zero-order valence-corrected chi connectivity index (χ0v) is 13.8. The number of halogens is 3. The average molecular weight is 364 g/mol. The molecule has 1 heterocycles. The maximum absolute atomic E-state index is 12.5. The van der Waals surface area contributed by atoms with Crippen LogP contribution >= 0.6 is 0 Å². The number of rotatable bonds is 4. The largest absolute Gasteiger partial charge is 0.516 e. The molecule has 133 valence electrons. The van der Waals surface area contributed by atoms with E-state index in [4.69, 9.17) is 0 Å². The van der Waals surface area contributed by atoms with Crippen LogP contribution in [0.4, 0.5) is 18.9 Å². The highest BCUT2D eigenvalue weighted by atomic mass is 32.2. The average Bonchev–Trinajstić information content (AvgIpc) is 2.77. The third kappa shape index (κ3) is 4.70. The third-order valence-corrected chi connectivity index (χ3v) is 4.96. The van der Waals surface area contributed by atoms with E-state index in [1.165, 1.54) is 22.9 Å². The van der Waals surface area contributed by atoms with Gasteiger partial charge in [0.15, 0.2) is 0 Å². The quantitative estimate of drug-likeness (QED) is 0.836. The van der Waals surface area contributed by atoms with Gasteiger partial charge in [0, 0.05) is 12.8 Å². The zero-order valence-electron chi connectivity index (χ0n) is 13.0. The molecule has 1 amide bonds. The Bertz CT molecular complexity index is 681. The number of nitrogens with zero attached hydrogens (tertiary/aromatic N) is 1. The van der Waals surface area contributed by atoms with Crippen LogP contribution in [-0.4, -0.2) is 32.9 Å². The predicted molar refractivity (Wildman–Crippen MR) is 84.1 cm³/mol.